The first-order valence-electron chi connectivity index (χ1n) is 8.80. The first kappa shape index (κ1) is 19.0. The fraction of sp³-hybridized carbons (Fsp3) is 0.190. The highest BCUT2D eigenvalue weighted by molar-refractivity contribution is 5.99. The molecule has 7 nitrogen and oxygen atoms in total. The summed E-state index contributed by atoms with van der Waals surface area (Å²) in [7, 11) is 0. The maximum absolute atomic E-state index is 12.1. The van der Waals surface area contributed by atoms with E-state index in [9.17, 15) is 9.59 Å². The maximum Gasteiger partial charge on any atom is 0.273 e. The first-order valence-corrected chi connectivity index (χ1v) is 8.80. The molecule has 1 aromatic carbocycles. The molecule has 0 saturated carbocycles. The average molecular weight is 376 g/mol. The van der Waals surface area contributed by atoms with Gasteiger partial charge in [0.1, 0.15) is 11.5 Å². The molecule has 3 aromatic rings. The summed E-state index contributed by atoms with van der Waals surface area (Å²) >= 11 is 0. The smallest absolute Gasteiger partial charge is 0.273 e. The molecule has 0 bridgehead atoms. The highest BCUT2D eigenvalue weighted by Crippen LogP contribution is 2.22. The lowest BCUT2D eigenvalue weighted by atomic mass is 10.1. The number of carbonyl (C=O) groups is 2. The lowest BCUT2D eigenvalue weighted by molar-refractivity contribution is -0.117. The normalized spacial score (nSPS) is 10.9. The van der Waals surface area contributed by atoms with Crippen LogP contribution in [0.1, 0.15) is 33.9 Å². The molecule has 2 amide bonds. The molecule has 28 heavy (non-hydrogen) atoms. The molecule has 3 rings (SSSR count). The predicted octanol–water partition coefficient (Wildman–Crippen LogP) is 3.24. The fourth-order valence-corrected chi connectivity index (χ4v) is 3.01. The van der Waals surface area contributed by atoms with Crippen LogP contribution in [0.15, 0.2) is 47.0 Å². The topological polar surface area (TPSA) is 100 Å². The van der Waals surface area contributed by atoms with Gasteiger partial charge in [0, 0.05) is 35.3 Å². The second-order valence-electron chi connectivity index (χ2n) is 6.31. The average Bonchev–Trinajstić information content (AvgIpc) is 3.22. The molecular weight excluding hydrogens is 356 g/mol. The van der Waals surface area contributed by atoms with Crippen LogP contribution >= 0.6 is 0 Å². The van der Waals surface area contributed by atoms with E-state index in [1.165, 1.54) is 6.08 Å². The number of nitriles is 1. The van der Waals surface area contributed by atoms with Crippen molar-refractivity contribution in [3.8, 4) is 6.07 Å². The minimum atomic E-state index is -0.458. The van der Waals surface area contributed by atoms with E-state index >= 15 is 0 Å². The predicted molar refractivity (Wildman–Crippen MR) is 105 cm³/mol. The van der Waals surface area contributed by atoms with E-state index in [1.54, 1.807) is 26.0 Å². The number of hydrogen-bond acceptors (Lipinski definition) is 4. The number of aryl methyl sites for hydroxylation is 3. The van der Waals surface area contributed by atoms with E-state index in [1.807, 2.05) is 35.0 Å². The highest BCUT2D eigenvalue weighted by Gasteiger charge is 2.13. The number of hydrogen-bond donors (Lipinski definition) is 2. The van der Waals surface area contributed by atoms with E-state index in [2.05, 4.69) is 16.9 Å². The molecule has 0 radical (unpaired) electrons. The number of hydrazine groups is 1. The van der Waals surface area contributed by atoms with Gasteiger partial charge in [0.2, 0.25) is 0 Å². The van der Waals surface area contributed by atoms with Crippen molar-refractivity contribution in [2.75, 3.05) is 0 Å². The van der Waals surface area contributed by atoms with E-state index in [4.69, 9.17) is 9.68 Å². The minimum Gasteiger partial charge on any atom is -0.466 e. The molecular formula is C21H20N4O3. The molecule has 2 aromatic heterocycles. The highest BCUT2D eigenvalue weighted by atomic mass is 16.3. The van der Waals surface area contributed by atoms with Crippen LogP contribution in [-0.2, 0) is 11.3 Å². The zero-order valence-electron chi connectivity index (χ0n) is 15.7. The Morgan fingerprint density at radius 2 is 2.04 bits per heavy atom. The molecule has 7 heteroatoms. The second-order valence-corrected chi connectivity index (χ2v) is 6.31. The van der Waals surface area contributed by atoms with Gasteiger partial charge in [-0.1, -0.05) is 18.2 Å². The van der Waals surface area contributed by atoms with Crippen molar-refractivity contribution < 1.29 is 14.0 Å². The van der Waals surface area contributed by atoms with Gasteiger partial charge in [-0.05, 0) is 32.1 Å². The summed E-state index contributed by atoms with van der Waals surface area (Å²) in [6.07, 6.45) is 5.34. The first-order chi connectivity index (χ1) is 13.5. The van der Waals surface area contributed by atoms with Crippen molar-refractivity contribution in [3.63, 3.8) is 0 Å². The largest absolute Gasteiger partial charge is 0.466 e. The Morgan fingerprint density at radius 3 is 2.75 bits per heavy atom. The van der Waals surface area contributed by atoms with Gasteiger partial charge in [-0.2, -0.15) is 5.26 Å². The van der Waals surface area contributed by atoms with Crippen LogP contribution in [-0.4, -0.2) is 16.4 Å². The number of rotatable bonds is 5. The number of carbonyl (C=O) groups excluding carboxylic acids is 2. The Bertz CT molecular complexity index is 1100. The van der Waals surface area contributed by atoms with Crippen LogP contribution in [0.4, 0.5) is 0 Å². The zero-order chi connectivity index (χ0) is 20.1. The molecule has 0 aliphatic carbocycles. The number of nitrogens with zero attached hydrogens (tertiary/aromatic N) is 2. The summed E-state index contributed by atoms with van der Waals surface area (Å²) in [6, 6.07) is 11.5. The standard InChI is InChI=1S/C21H20N4O3/c1-14-12-18(15(2)28-14)21(27)24-23-20(26)9-8-16-13-25(11-5-10-22)19-7-4-3-6-17(16)19/h3-4,6-9,12-13H,5,11H2,1-2H3,(H,23,26)(H,24,27)/b9-8+. The van der Waals surface area contributed by atoms with E-state index < -0.39 is 11.8 Å². The van der Waals surface area contributed by atoms with Gasteiger partial charge >= 0.3 is 0 Å². The van der Waals surface area contributed by atoms with Crippen LogP contribution < -0.4 is 10.9 Å². The monoisotopic (exact) mass is 376 g/mol. The summed E-state index contributed by atoms with van der Waals surface area (Å²) in [5, 5.41) is 9.80. The molecule has 142 valence electrons. The summed E-state index contributed by atoms with van der Waals surface area (Å²) in [5.41, 5.74) is 6.96. The van der Waals surface area contributed by atoms with E-state index in [0.717, 1.165) is 16.5 Å². The molecule has 2 N–H and O–H groups in total. The number of furan rings is 1. The summed E-state index contributed by atoms with van der Waals surface area (Å²) in [6.45, 7) is 4.01. The summed E-state index contributed by atoms with van der Waals surface area (Å²) < 4.78 is 7.30. The van der Waals surface area contributed by atoms with Crippen LogP contribution in [0.2, 0.25) is 0 Å². The SMILES string of the molecule is Cc1cc(C(=O)NNC(=O)/C=C/c2cn(CCC#N)c3ccccc23)c(C)o1. The Labute approximate surface area is 162 Å². The van der Waals surface area contributed by atoms with Crippen LogP contribution in [0.3, 0.4) is 0 Å². The van der Waals surface area contributed by atoms with Gasteiger partial charge in [-0.25, -0.2) is 0 Å². The van der Waals surface area contributed by atoms with Crippen LogP contribution in [0.5, 0.6) is 0 Å². The summed E-state index contributed by atoms with van der Waals surface area (Å²) in [4.78, 5) is 24.2. The second kappa shape index (κ2) is 8.27. The molecule has 0 aliphatic rings. The van der Waals surface area contributed by atoms with Gasteiger partial charge in [0.15, 0.2) is 0 Å². The molecule has 0 saturated heterocycles. The van der Waals surface area contributed by atoms with Crippen molar-refractivity contribution in [1.29, 1.82) is 5.26 Å². The summed E-state index contributed by atoms with van der Waals surface area (Å²) in [5.74, 6) is 0.218. The molecule has 0 unspecified atom stereocenters. The third-order valence-electron chi connectivity index (χ3n) is 4.28. The van der Waals surface area contributed by atoms with E-state index in [0.29, 0.717) is 30.0 Å². The number of fused-ring (bicyclic) bond motifs is 1. The van der Waals surface area contributed by atoms with Gasteiger partial charge in [0.05, 0.1) is 18.1 Å². The lowest BCUT2D eigenvalue weighted by Gasteiger charge is -2.03. The van der Waals surface area contributed by atoms with Gasteiger partial charge in [-0.3, -0.25) is 20.4 Å². The Kier molecular flexibility index (Phi) is 5.61. The van der Waals surface area contributed by atoms with Crippen molar-refractivity contribution in [1.82, 2.24) is 15.4 Å². The van der Waals surface area contributed by atoms with Gasteiger partial charge in [-0.15, -0.1) is 0 Å². The fourth-order valence-electron chi connectivity index (χ4n) is 3.01. The van der Waals surface area contributed by atoms with Crippen molar-refractivity contribution in [3.05, 3.63) is 65.3 Å². The molecule has 2 heterocycles. The lowest BCUT2D eigenvalue weighted by Crippen LogP contribution is -2.40. The Balaban J connectivity index is 1.68. The number of aromatic nitrogens is 1. The van der Waals surface area contributed by atoms with E-state index in [-0.39, 0.29) is 0 Å². The maximum atomic E-state index is 12.1. The molecule has 0 fully saturated rings. The third kappa shape index (κ3) is 4.13. The number of nitrogens with one attached hydrogen (secondary N) is 2. The van der Waals surface area contributed by atoms with Crippen molar-refractivity contribution in [2.45, 2.75) is 26.8 Å². The number of benzene rings is 1. The van der Waals surface area contributed by atoms with Crippen molar-refractivity contribution in [2.24, 2.45) is 0 Å². The number of para-hydroxylation sites is 1. The Hall–Kier alpha value is -3.79. The van der Waals surface area contributed by atoms with Crippen LogP contribution in [0.25, 0.3) is 17.0 Å². The third-order valence-corrected chi connectivity index (χ3v) is 4.28. The van der Waals surface area contributed by atoms with Crippen molar-refractivity contribution >= 4 is 28.8 Å². The number of amides is 2. The Morgan fingerprint density at radius 1 is 1.25 bits per heavy atom. The quantitative estimate of drug-likeness (QED) is 0.527. The molecule has 0 atom stereocenters. The molecule has 0 aliphatic heterocycles. The molecule has 0 spiro atoms. The van der Waals surface area contributed by atoms with Gasteiger partial charge in [0.25, 0.3) is 11.8 Å². The zero-order valence-corrected chi connectivity index (χ0v) is 15.7. The van der Waals surface area contributed by atoms with Gasteiger partial charge < -0.3 is 8.98 Å². The van der Waals surface area contributed by atoms with Crippen LogP contribution in [0, 0.1) is 25.2 Å². The minimum absolute atomic E-state index is 0.377.